The number of nitrogens with one attached hydrogen (secondary N) is 1. The number of allylic oxidation sites excluding steroid dienone is 2. The van der Waals surface area contributed by atoms with Gasteiger partial charge in [0.2, 0.25) is 5.91 Å². The van der Waals surface area contributed by atoms with Crippen molar-refractivity contribution in [3.05, 3.63) is 12.2 Å². The molecule has 0 saturated heterocycles. The lowest BCUT2D eigenvalue weighted by Gasteiger charge is -2.30. The Hall–Kier alpha value is -0.760. The van der Waals surface area contributed by atoms with E-state index in [1.165, 1.54) is 135 Å². The summed E-state index contributed by atoms with van der Waals surface area (Å²) in [5.74, 6) is -0.175. The third-order valence-electron chi connectivity index (χ3n) is 10.5. The molecule has 0 saturated carbocycles. The Morgan fingerprint density at radius 2 is 1.06 bits per heavy atom. The molecule has 3 atom stereocenters. The van der Waals surface area contributed by atoms with Crippen LogP contribution in [0.3, 0.4) is 0 Å². The van der Waals surface area contributed by atoms with Gasteiger partial charge in [0, 0.05) is 6.42 Å². The Bertz CT molecular complexity index is 896. The number of aliphatic hydroxyl groups is 1. The minimum Gasteiger partial charge on any atom is -0.756 e. The van der Waals surface area contributed by atoms with E-state index in [1.54, 1.807) is 0 Å². The maximum absolute atomic E-state index is 12.8. The van der Waals surface area contributed by atoms with Crippen molar-refractivity contribution in [2.24, 2.45) is 0 Å². The Morgan fingerprint density at radius 3 is 1.52 bits per heavy atom. The monoisotopic (exact) mass is 787 g/mol. The molecule has 0 rings (SSSR count). The maximum Gasteiger partial charge on any atom is 0.268 e. The maximum atomic E-state index is 12.8. The summed E-state index contributed by atoms with van der Waals surface area (Å²) in [6, 6.07) is -0.799. The van der Waals surface area contributed by atoms with Crippen LogP contribution in [0.4, 0.5) is 0 Å². The molecule has 2 N–H and O–H groups in total. The van der Waals surface area contributed by atoms with E-state index in [9.17, 15) is 19.4 Å². The van der Waals surface area contributed by atoms with Gasteiger partial charge in [-0.25, -0.2) is 0 Å². The van der Waals surface area contributed by atoms with Crippen LogP contribution in [0.25, 0.3) is 0 Å². The van der Waals surface area contributed by atoms with E-state index in [2.05, 4.69) is 31.3 Å². The molecule has 0 fully saturated rings. The fraction of sp³-hybridized carbons (Fsp3) is 0.933. The van der Waals surface area contributed by atoms with Crippen LogP contribution in [0.2, 0.25) is 0 Å². The van der Waals surface area contributed by atoms with Gasteiger partial charge in [-0.15, -0.1) is 0 Å². The van der Waals surface area contributed by atoms with Gasteiger partial charge in [-0.1, -0.05) is 193 Å². The van der Waals surface area contributed by atoms with Gasteiger partial charge in [-0.05, 0) is 32.1 Å². The summed E-state index contributed by atoms with van der Waals surface area (Å²) in [4.78, 5) is 25.2. The van der Waals surface area contributed by atoms with Crippen LogP contribution in [0.5, 0.6) is 0 Å². The van der Waals surface area contributed by atoms with Crippen molar-refractivity contribution in [2.75, 3.05) is 40.9 Å². The highest BCUT2D eigenvalue weighted by Crippen LogP contribution is 2.38. The summed E-state index contributed by atoms with van der Waals surface area (Å²) >= 11 is 0. The molecule has 0 spiro atoms. The second-order valence-corrected chi connectivity index (χ2v) is 18.5. The fourth-order valence-corrected chi connectivity index (χ4v) is 7.53. The highest BCUT2D eigenvalue weighted by Gasteiger charge is 2.24. The number of hydrogen-bond donors (Lipinski definition) is 2. The molecule has 0 bridgehead atoms. The van der Waals surface area contributed by atoms with Gasteiger partial charge in [0.1, 0.15) is 13.2 Å². The molecular formula is C45H91N2O6P. The molecule has 54 heavy (non-hydrogen) atoms. The van der Waals surface area contributed by atoms with Gasteiger partial charge in [-0.2, -0.15) is 0 Å². The van der Waals surface area contributed by atoms with E-state index in [0.717, 1.165) is 57.8 Å². The highest BCUT2D eigenvalue weighted by atomic mass is 31.2. The molecule has 1 amide bonds. The molecule has 3 unspecified atom stereocenters. The zero-order valence-corrected chi connectivity index (χ0v) is 37.3. The van der Waals surface area contributed by atoms with E-state index >= 15 is 0 Å². The lowest BCUT2D eigenvalue weighted by molar-refractivity contribution is -0.870. The average Bonchev–Trinajstić information content (AvgIpc) is 3.12. The zero-order valence-electron chi connectivity index (χ0n) is 36.4. The summed E-state index contributed by atoms with van der Waals surface area (Å²) in [5.41, 5.74) is 0. The van der Waals surface area contributed by atoms with Crippen LogP contribution in [0, 0.1) is 0 Å². The summed E-state index contributed by atoms with van der Waals surface area (Å²) in [6.07, 6.45) is 42.3. The second kappa shape index (κ2) is 37.8. The van der Waals surface area contributed by atoms with E-state index < -0.39 is 20.0 Å². The topological polar surface area (TPSA) is 108 Å². The van der Waals surface area contributed by atoms with Crippen molar-refractivity contribution in [3.63, 3.8) is 0 Å². The standard InChI is InChI=1S/C45H91N2O6P/c1-6-8-10-12-14-16-18-19-20-21-22-23-24-25-26-27-28-29-30-32-34-36-38-44(48)43(42-53-54(50,51)52-41-40-47(3,4)5)46-45(49)39-37-35-33-31-17-15-13-11-9-7-2/h11,13,43-44,48H,6-10,12,14-42H2,1-5H3,(H-,46,49,50,51)/b13-11-. The van der Waals surface area contributed by atoms with Crippen molar-refractivity contribution < 1.29 is 32.9 Å². The minimum atomic E-state index is -4.56. The van der Waals surface area contributed by atoms with E-state index in [-0.39, 0.29) is 19.1 Å². The molecule has 0 aliphatic carbocycles. The van der Waals surface area contributed by atoms with Gasteiger partial charge in [0.15, 0.2) is 0 Å². The first-order chi connectivity index (χ1) is 26.0. The fourth-order valence-electron chi connectivity index (χ4n) is 6.81. The number of carbonyl (C=O) groups excluding carboxylic acids is 1. The smallest absolute Gasteiger partial charge is 0.268 e. The number of likely N-dealkylation sites (N-methyl/N-ethyl adjacent to an activating group) is 1. The number of amides is 1. The molecule has 9 heteroatoms. The summed E-state index contributed by atoms with van der Waals surface area (Å²) in [6.45, 7) is 4.66. The van der Waals surface area contributed by atoms with Crippen molar-refractivity contribution in [1.82, 2.24) is 5.32 Å². The van der Waals surface area contributed by atoms with Crippen LogP contribution in [-0.4, -0.2) is 68.5 Å². The normalized spacial score (nSPS) is 14.4. The SMILES string of the molecule is CCC/C=C\CCCCCCCC(=O)NC(COP(=O)([O-])OCC[N+](C)(C)C)C(O)CCCCCCCCCCCCCCCCCCCCCCCC. The minimum absolute atomic E-state index is 0.0123. The first kappa shape index (κ1) is 53.2. The first-order valence-electron chi connectivity index (χ1n) is 23.0. The van der Waals surface area contributed by atoms with Crippen LogP contribution >= 0.6 is 7.82 Å². The van der Waals surface area contributed by atoms with E-state index in [4.69, 9.17) is 9.05 Å². The number of aliphatic hydroxyl groups excluding tert-OH is 1. The van der Waals surface area contributed by atoms with Crippen molar-refractivity contribution in [1.29, 1.82) is 0 Å². The number of nitrogens with zero attached hydrogens (tertiary/aromatic N) is 1. The number of phosphoric acid groups is 1. The Kier molecular flexibility index (Phi) is 37.3. The van der Waals surface area contributed by atoms with Crippen LogP contribution < -0.4 is 10.2 Å². The molecule has 0 aromatic rings. The molecule has 0 heterocycles. The molecule has 0 radical (unpaired) electrons. The van der Waals surface area contributed by atoms with Crippen molar-refractivity contribution in [2.45, 2.75) is 231 Å². The van der Waals surface area contributed by atoms with E-state index in [1.807, 2.05) is 21.1 Å². The third-order valence-corrected chi connectivity index (χ3v) is 11.4. The Morgan fingerprint density at radius 1 is 0.630 bits per heavy atom. The van der Waals surface area contributed by atoms with Gasteiger partial charge < -0.3 is 28.8 Å². The molecule has 0 aromatic heterocycles. The lowest BCUT2D eigenvalue weighted by atomic mass is 10.0. The zero-order chi connectivity index (χ0) is 40.0. The average molecular weight is 787 g/mol. The summed E-state index contributed by atoms with van der Waals surface area (Å²) < 4.78 is 23.2. The predicted octanol–water partition coefficient (Wildman–Crippen LogP) is 12.1. The number of unbranched alkanes of at least 4 members (excludes halogenated alkanes) is 27. The molecular weight excluding hydrogens is 695 g/mol. The summed E-state index contributed by atoms with van der Waals surface area (Å²) in [7, 11) is 1.30. The van der Waals surface area contributed by atoms with Gasteiger partial charge in [0.05, 0.1) is 39.9 Å². The molecule has 322 valence electrons. The van der Waals surface area contributed by atoms with Crippen LogP contribution in [0.1, 0.15) is 219 Å². The highest BCUT2D eigenvalue weighted by molar-refractivity contribution is 7.45. The number of phosphoric ester groups is 1. The summed E-state index contributed by atoms with van der Waals surface area (Å²) in [5, 5.41) is 13.9. The molecule has 0 aliphatic heterocycles. The van der Waals surface area contributed by atoms with Crippen LogP contribution in [-0.2, 0) is 18.4 Å². The molecule has 0 aromatic carbocycles. The van der Waals surface area contributed by atoms with Gasteiger partial charge >= 0.3 is 0 Å². The van der Waals surface area contributed by atoms with Crippen LogP contribution in [0.15, 0.2) is 12.2 Å². The number of quaternary nitrogens is 1. The quantitative estimate of drug-likeness (QED) is 0.0276. The van der Waals surface area contributed by atoms with Crippen molar-refractivity contribution >= 4 is 13.7 Å². The number of hydrogen-bond acceptors (Lipinski definition) is 6. The lowest BCUT2D eigenvalue weighted by Crippen LogP contribution is -2.46. The predicted molar refractivity (Wildman–Crippen MR) is 229 cm³/mol. The first-order valence-corrected chi connectivity index (χ1v) is 24.5. The Balaban J connectivity index is 4.20. The number of rotatable bonds is 42. The van der Waals surface area contributed by atoms with Gasteiger partial charge in [-0.3, -0.25) is 9.36 Å². The largest absolute Gasteiger partial charge is 0.756 e. The van der Waals surface area contributed by atoms with Gasteiger partial charge in [0.25, 0.3) is 7.82 Å². The number of carbonyl (C=O) groups is 1. The Labute approximate surface area is 335 Å². The van der Waals surface area contributed by atoms with Crippen molar-refractivity contribution in [3.8, 4) is 0 Å². The molecule has 8 nitrogen and oxygen atoms in total. The second-order valence-electron chi connectivity index (χ2n) is 17.1. The molecule has 0 aliphatic rings. The third kappa shape index (κ3) is 39.5. The van der Waals surface area contributed by atoms with E-state index in [0.29, 0.717) is 23.9 Å².